The maximum absolute atomic E-state index is 14.6. The monoisotopic (exact) mass is 1450 g/mol. The van der Waals surface area contributed by atoms with Crippen LogP contribution in [0.15, 0.2) is 175 Å². The quantitative estimate of drug-likeness (QED) is 0.0153. The summed E-state index contributed by atoms with van der Waals surface area (Å²) in [6, 6.07) is 44.2. The maximum Gasteiger partial charge on any atom is 0.407 e. The van der Waals surface area contributed by atoms with Crippen molar-refractivity contribution >= 4 is 73.0 Å². The highest BCUT2D eigenvalue weighted by atomic mass is 35.5. The molecule has 12 rings (SSSR count). The van der Waals surface area contributed by atoms with E-state index in [1.54, 1.807) is 43.6 Å². The number of halogens is 2. The van der Waals surface area contributed by atoms with E-state index in [-0.39, 0.29) is 75.2 Å². The Kier molecular flexibility index (Phi) is 22.5. The number of nitrogens with one attached hydrogen (secondary N) is 3. The third-order valence-corrected chi connectivity index (χ3v) is 20.9. The summed E-state index contributed by atoms with van der Waals surface area (Å²) in [5.74, 6) is 0.0358. The number of rotatable bonds is 28. The molecular formula is C76H74ClFN10O13S2. The molecule has 1 fully saturated rings. The second-order valence-corrected chi connectivity index (χ2v) is 27.9. The number of urea groups is 1. The molecule has 1 aliphatic heterocycles. The lowest BCUT2D eigenvalue weighted by atomic mass is 9.96. The van der Waals surface area contributed by atoms with Crippen molar-refractivity contribution in [1.29, 1.82) is 0 Å². The smallest absolute Gasteiger partial charge is 0.407 e. The Labute approximate surface area is 603 Å². The number of nitrogens with two attached hydrogens (primary N) is 1. The SMILES string of the molecule is COC(=O)[C@@H](Cc1ccccc1OCc1ccnc(-c2ccccc2OC)n1)Oc1ncnc2sc(-c3ccc(F)cc3)c(-c3ccc(OCCN4CC[N+](C)(Cc5ccc(NC(=O)[C@H](CCCNC(N)=O)NC(=O)OCC6c7ccccc7-c7ccccc76)cc5S(=O)(=O)[O-])CC4)c(Cl)c3C)c12. The second kappa shape index (κ2) is 32.2. The van der Waals surface area contributed by atoms with E-state index in [1.165, 1.54) is 49.0 Å². The van der Waals surface area contributed by atoms with Gasteiger partial charge in [-0.25, -0.2) is 47.1 Å². The lowest BCUT2D eigenvalue weighted by molar-refractivity contribution is -0.926. The Balaban J connectivity index is 0.696. The number of nitrogens with zero attached hydrogens (tertiary/aromatic N) is 6. The number of piperazine rings is 1. The van der Waals surface area contributed by atoms with Crippen LogP contribution in [0.5, 0.6) is 23.1 Å². The number of quaternary nitrogens is 1. The van der Waals surface area contributed by atoms with E-state index in [9.17, 15) is 36.5 Å². The maximum atomic E-state index is 14.6. The molecular weight excluding hydrogens is 1380 g/mol. The Morgan fingerprint density at radius 3 is 2.21 bits per heavy atom. The number of carbonyl (C=O) groups is 4. The molecule has 532 valence electrons. The highest BCUT2D eigenvalue weighted by molar-refractivity contribution is 7.85. The highest BCUT2D eigenvalue weighted by Crippen LogP contribution is 2.50. The van der Waals surface area contributed by atoms with Crippen LogP contribution in [0, 0.1) is 12.7 Å². The minimum atomic E-state index is -5.06. The molecule has 5 N–H and O–H groups in total. The van der Waals surface area contributed by atoms with Crippen molar-refractivity contribution < 1.29 is 69.4 Å². The molecule has 27 heteroatoms. The summed E-state index contributed by atoms with van der Waals surface area (Å²) in [6.45, 7) is 5.35. The molecule has 0 unspecified atom stereocenters. The molecule has 3 aromatic heterocycles. The number of methoxy groups -OCH3 is 2. The number of aromatic nitrogens is 4. The summed E-state index contributed by atoms with van der Waals surface area (Å²) in [5.41, 5.74) is 14.2. The number of para-hydroxylation sites is 2. The van der Waals surface area contributed by atoms with Crippen LogP contribution >= 0.6 is 22.9 Å². The number of carbonyl (C=O) groups excluding carboxylic acids is 4. The number of hydrogen-bond acceptors (Lipinski definition) is 19. The van der Waals surface area contributed by atoms with Crippen LogP contribution in [0.4, 0.5) is 19.7 Å². The molecule has 0 bridgehead atoms. The van der Waals surface area contributed by atoms with Crippen LogP contribution in [-0.2, 0) is 48.8 Å². The van der Waals surface area contributed by atoms with Crippen LogP contribution in [0.25, 0.3) is 54.3 Å². The average Bonchev–Trinajstić information content (AvgIpc) is 1.63. The number of likely N-dealkylation sites (N-methyl/N-ethyl adjacent to an activating group) is 1. The Bertz CT molecular complexity index is 4860. The number of fused-ring (bicyclic) bond motifs is 4. The van der Waals surface area contributed by atoms with Gasteiger partial charge < -0.3 is 59.1 Å². The van der Waals surface area contributed by atoms with Crippen molar-refractivity contribution in [2.24, 2.45) is 5.73 Å². The number of primary amides is 1. The first-order chi connectivity index (χ1) is 49.7. The molecule has 0 saturated carbocycles. The zero-order valence-corrected chi connectivity index (χ0v) is 59.1. The largest absolute Gasteiger partial charge is 0.744 e. The zero-order chi connectivity index (χ0) is 72.4. The van der Waals surface area contributed by atoms with Gasteiger partial charge in [-0.15, -0.1) is 11.3 Å². The summed E-state index contributed by atoms with van der Waals surface area (Å²) >= 11 is 8.60. The van der Waals surface area contributed by atoms with Gasteiger partial charge in [0.15, 0.2) is 5.82 Å². The van der Waals surface area contributed by atoms with E-state index < -0.39 is 57.0 Å². The number of amides is 4. The summed E-state index contributed by atoms with van der Waals surface area (Å²) in [7, 11) is -0.217. The highest BCUT2D eigenvalue weighted by Gasteiger charge is 2.34. The van der Waals surface area contributed by atoms with Gasteiger partial charge in [0.25, 0.3) is 0 Å². The van der Waals surface area contributed by atoms with Crippen molar-refractivity contribution in [2.75, 3.05) is 79.1 Å². The van der Waals surface area contributed by atoms with Crippen LogP contribution < -0.4 is 40.6 Å². The topological polar surface area (TPSA) is 298 Å². The molecule has 2 aliphatic rings. The number of hydrogen-bond donors (Lipinski definition) is 4. The molecule has 1 aliphatic carbocycles. The zero-order valence-electron chi connectivity index (χ0n) is 56.7. The van der Waals surface area contributed by atoms with E-state index in [1.807, 2.05) is 111 Å². The van der Waals surface area contributed by atoms with Gasteiger partial charge in [-0.3, -0.25) is 9.69 Å². The molecule has 4 amide bonds. The molecule has 4 heterocycles. The van der Waals surface area contributed by atoms with Crippen molar-refractivity contribution in [1.82, 2.24) is 35.5 Å². The van der Waals surface area contributed by atoms with Gasteiger partial charge in [0.2, 0.25) is 17.9 Å². The number of thiophene rings is 1. The lowest BCUT2D eigenvalue weighted by Crippen LogP contribution is -2.57. The summed E-state index contributed by atoms with van der Waals surface area (Å²) in [5, 5.41) is 8.60. The van der Waals surface area contributed by atoms with Crippen LogP contribution in [-0.4, -0.2) is 152 Å². The van der Waals surface area contributed by atoms with E-state index in [4.69, 9.17) is 50.7 Å². The van der Waals surface area contributed by atoms with Gasteiger partial charge in [-0.2, -0.15) is 0 Å². The van der Waals surface area contributed by atoms with Crippen molar-refractivity contribution in [3.05, 3.63) is 215 Å². The number of esters is 1. The molecule has 0 radical (unpaired) electrons. The first-order valence-electron chi connectivity index (χ1n) is 33.2. The first-order valence-corrected chi connectivity index (χ1v) is 35.8. The van der Waals surface area contributed by atoms with E-state index >= 15 is 0 Å². The van der Waals surface area contributed by atoms with E-state index in [0.29, 0.717) is 114 Å². The minimum Gasteiger partial charge on any atom is -0.744 e. The Hall–Kier alpha value is -10.6. The fourth-order valence-corrected chi connectivity index (χ4v) is 15.1. The number of benzene rings is 7. The first kappa shape index (κ1) is 72.2. The molecule has 103 heavy (non-hydrogen) atoms. The van der Waals surface area contributed by atoms with E-state index in [2.05, 4.69) is 35.8 Å². The van der Waals surface area contributed by atoms with Crippen LogP contribution in [0.2, 0.25) is 5.02 Å². The van der Waals surface area contributed by atoms with Crippen LogP contribution in [0.3, 0.4) is 0 Å². The standard InChI is InChI=1S/C76H74ClFN10O13S2/c1-46-53(66-67-72(82-45-83-73(67)102-69(66)47-23-26-50(78)27-24-47)101-64(74(90)97-4)40-48-14-5-11-21-61(48)99-43-52-31-33-80-70(84-52)58-19-10-12-22-62(58)96-3)29-30-63(68(46)77)98-39-36-87-34-37-88(2,38-35-87)42-49-25-28-51(41-65(49)103(93,94)95)85-71(89)60(20-13-32-81-75(79)91)86-76(92)100-44-59-56-17-8-6-15-54(56)55-16-7-9-18-57(55)59/h5-12,14-19,21-31,33,41,45,59-60,64H,13,20,32,34-40,42-44H2,1-4H3,(H5-,79,81,85,86,89,91,92,93,94,95)/t60-,64+/m0/s1. The molecule has 23 nitrogen and oxygen atoms in total. The van der Waals surface area contributed by atoms with Gasteiger partial charge in [0.05, 0.1) is 60.9 Å². The van der Waals surface area contributed by atoms with Crippen molar-refractivity contribution in [3.8, 4) is 67.2 Å². The predicted molar refractivity (Wildman–Crippen MR) is 386 cm³/mol. The lowest BCUT2D eigenvalue weighted by Gasteiger charge is -2.42. The third-order valence-electron chi connectivity index (χ3n) is 18.4. The molecule has 10 aromatic rings. The Morgan fingerprint density at radius 1 is 0.806 bits per heavy atom. The van der Waals surface area contributed by atoms with Gasteiger partial charge in [0, 0.05) is 66.4 Å². The fraction of sp³-hybridized carbons (Fsp3) is 0.263. The predicted octanol–water partition coefficient (Wildman–Crippen LogP) is 11.9. The van der Waals surface area contributed by atoms with Crippen molar-refractivity contribution in [3.63, 3.8) is 0 Å². The van der Waals surface area contributed by atoms with Gasteiger partial charge in [-0.1, -0.05) is 115 Å². The number of alkyl carbamates (subject to hydrolysis) is 1. The minimum absolute atomic E-state index is 0.0116. The molecule has 2 atom stereocenters. The molecule has 1 saturated heterocycles. The fourth-order valence-electron chi connectivity index (χ4n) is 13.0. The number of anilines is 1. The third kappa shape index (κ3) is 17.0. The summed E-state index contributed by atoms with van der Waals surface area (Å²) in [6.07, 6.45) is 1.18. The van der Waals surface area contributed by atoms with Crippen LogP contribution in [0.1, 0.15) is 52.3 Å². The number of ether oxygens (including phenoxy) is 6. The summed E-state index contributed by atoms with van der Waals surface area (Å²) in [4.78, 5) is 74.1. The molecule has 7 aromatic carbocycles. The average molecular weight is 1450 g/mol. The van der Waals surface area contributed by atoms with Gasteiger partial charge >= 0.3 is 18.1 Å². The Morgan fingerprint density at radius 2 is 1.50 bits per heavy atom. The normalized spacial score (nSPS) is 14.0. The van der Waals surface area contributed by atoms with E-state index in [0.717, 1.165) is 33.9 Å². The second-order valence-electron chi connectivity index (χ2n) is 25.2. The summed E-state index contributed by atoms with van der Waals surface area (Å²) < 4.78 is 90.0. The van der Waals surface area contributed by atoms with Gasteiger partial charge in [-0.05, 0) is 119 Å². The van der Waals surface area contributed by atoms with Crippen molar-refractivity contribution in [2.45, 2.75) is 62.3 Å². The van der Waals surface area contributed by atoms with Gasteiger partial charge in [0.1, 0.15) is 76.7 Å². The molecule has 0 spiro atoms.